The van der Waals surface area contributed by atoms with Gasteiger partial charge in [-0.15, -0.1) is 0 Å². The molecule has 202 valence electrons. The SMILES string of the molecule is CC(C)CCC[C@@H](C)[C@H]1CC[C@H]2[C@@H]3CCC4C(Cc5ccc(Br)cc5)C(O)CC[C@]4(C)[C@H]3CC[C@]12C. The molecule has 4 fully saturated rings. The summed E-state index contributed by atoms with van der Waals surface area (Å²) in [4.78, 5) is 0. The molecule has 3 unspecified atom stereocenters. The Morgan fingerprint density at radius 2 is 1.50 bits per heavy atom. The van der Waals surface area contributed by atoms with Gasteiger partial charge in [-0.1, -0.05) is 81.9 Å². The summed E-state index contributed by atoms with van der Waals surface area (Å²) in [5.41, 5.74) is 2.40. The van der Waals surface area contributed by atoms with Crippen molar-refractivity contribution in [3.8, 4) is 0 Å². The Kier molecular flexibility index (Phi) is 8.07. The number of aliphatic hydroxyl groups excluding tert-OH is 1. The molecule has 36 heavy (non-hydrogen) atoms. The summed E-state index contributed by atoms with van der Waals surface area (Å²) >= 11 is 3.59. The van der Waals surface area contributed by atoms with Crippen molar-refractivity contribution in [2.24, 2.45) is 58.2 Å². The van der Waals surface area contributed by atoms with E-state index in [9.17, 15) is 5.11 Å². The lowest BCUT2D eigenvalue weighted by Gasteiger charge is -2.63. The molecule has 4 saturated carbocycles. The van der Waals surface area contributed by atoms with Crippen LogP contribution in [0, 0.1) is 58.2 Å². The molecule has 0 aliphatic heterocycles. The largest absolute Gasteiger partial charge is 0.393 e. The molecule has 0 saturated heterocycles. The minimum absolute atomic E-state index is 0.125. The molecular weight excluding hydrogens is 504 g/mol. The normalized spacial score (nSPS) is 43.1. The van der Waals surface area contributed by atoms with Crippen molar-refractivity contribution in [2.75, 3.05) is 0 Å². The summed E-state index contributed by atoms with van der Waals surface area (Å²) in [6.07, 6.45) is 16.1. The first-order valence-corrected chi connectivity index (χ1v) is 16.3. The van der Waals surface area contributed by atoms with Gasteiger partial charge in [0.05, 0.1) is 6.10 Å². The Balaban J connectivity index is 1.31. The molecule has 0 radical (unpaired) electrons. The Morgan fingerprint density at radius 3 is 2.22 bits per heavy atom. The van der Waals surface area contributed by atoms with Gasteiger partial charge >= 0.3 is 0 Å². The fraction of sp³-hybridized carbons (Fsp3) is 0.824. The Hall–Kier alpha value is -0.340. The van der Waals surface area contributed by atoms with E-state index >= 15 is 0 Å². The number of halogens is 1. The van der Waals surface area contributed by atoms with Gasteiger partial charge in [0.15, 0.2) is 0 Å². The zero-order valence-corrected chi connectivity index (χ0v) is 25.4. The fourth-order valence-electron chi connectivity index (χ4n) is 10.7. The zero-order chi connectivity index (χ0) is 25.7. The summed E-state index contributed by atoms with van der Waals surface area (Å²) in [5.74, 6) is 6.55. The van der Waals surface area contributed by atoms with E-state index in [-0.39, 0.29) is 6.10 Å². The maximum absolute atomic E-state index is 11.2. The Labute approximate surface area is 230 Å². The van der Waals surface area contributed by atoms with Crippen molar-refractivity contribution in [2.45, 2.75) is 118 Å². The summed E-state index contributed by atoms with van der Waals surface area (Å²) in [7, 11) is 0. The van der Waals surface area contributed by atoms with E-state index < -0.39 is 0 Å². The van der Waals surface area contributed by atoms with Crippen LogP contribution in [0.5, 0.6) is 0 Å². The monoisotopic (exact) mass is 556 g/mol. The number of hydrogen-bond donors (Lipinski definition) is 1. The maximum atomic E-state index is 11.2. The average molecular weight is 558 g/mol. The molecule has 0 spiro atoms. The molecule has 2 heteroatoms. The van der Waals surface area contributed by atoms with Gasteiger partial charge in [-0.05, 0) is 134 Å². The third-order valence-corrected chi connectivity index (χ3v) is 13.0. The highest BCUT2D eigenvalue weighted by molar-refractivity contribution is 9.10. The predicted molar refractivity (Wildman–Crippen MR) is 156 cm³/mol. The van der Waals surface area contributed by atoms with Crippen molar-refractivity contribution in [1.29, 1.82) is 0 Å². The number of hydrogen-bond acceptors (Lipinski definition) is 1. The van der Waals surface area contributed by atoms with Crippen molar-refractivity contribution >= 4 is 15.9 Å². The van der Waals surface area contributed by atoms with Gasteiger partial charge in [-0.3, -0.25) is 0 Å². The quantitative estimate of drug-likeness (QED) is 0.354. The van der Waals surface area contributed by atoms with E-state index in [0.29, 0.717) is 22.7 Å². The van der Waals surface area contributed by atoms with Gasteiger partial charge in [0.1, 0.15) is 0 Å². The molecule has 1 aromatic rings. The molecule has 5 rings (SSSR count). The minimum Gasteiger partial charge on any atom is -0.393 e. The molecule has 0 bridgehead atoms. The van der Waals surface area contributed by atoms with Gasteiger partial charge in [-0.2, -0.15) is 0 Å². The Bertz CT molecular complexity index is 878. The summed E-state index contributed by atoms with van der Waals surface area (Å²) in [6, 6.07) is 8.87. The number of aliphatic hydroxyl groups is 1. The minimum atomic E-state index is -0.125. The highest BCUT2D eigenvalue weighted by Gasteiger charge is 2.61. The average Bonchev–Trinajstić information content (AvgIpc) is 3.19. The molecule has 1 N–H and O–H groups in total. The molecule has 1 aromatic carbocycles. The lowest BCUT2D eigenvalue weighted by Crippen LogP contribution is -2.57. The van der Waals surface area contributed by atoms with Crippen LogP contribution in [0.1, 0.15) is 111 Å². The second kappa shape index (κ2) is 10.7. The third kappa shape index (κ3) is 4.89. The van der Waals surface area contributed by atoms with Gasteiger partial charge in [-0.25, -0.2) is 0 Å². The van der Waals surface area contributed by atoms with E-state index in [1.165, 1.54) is 69.8 Å². The number of fused-ring (bicyclic) bond motifs is 5. The van der Waals surface area contributed by atoms with Crippen LogP contribution in [0.2, 0.25) is 0 Å². The van der Waals surface area contributed by atoms with E-state index in [2.05, 4.69) is 74.8 Å². The predicted octanol–water partition coefficient (Wildman–Crippen LogP) is 9.70. The van der Waals surface area contributed by atoms with Crippen LogP contribution in [0.15, 0.2) is 28.7 Å². The van der Waals surface area contributed by atoms with Gasteiger partial charge in [0.25, 0.3) is 0 Å². The van der Waals surface area contributed by atoms with Crippen LogP contribution in [0.3, 0.4) is 0 Å². The van der Waals surface area contributed by atoms with Gasteiger partial charge in [0, 0.05) is 4.47 Å². The summed E-state index contributed by atoms with van der Waals surface area (Å²) < 4.78 is 1.15. The second-order valence-corrected chi connectivity index (χ2v) is 15.6. The maximum Gasteiger partial charge on any atom is 0.0574 e. The number of benzene rings is 1. The highest BCUT2D eigenvalue weighted by Crippen LogP contribution is 2.69. The highest BCUT2D eigenvalue weighted by atomic mass is 79.9. The van der Waals surface area contributed by atoms with Crippen molar-refractivity contribution < 1.29 is 5.11 Å². The number of rotatable bonds is 7. The second-order valence-electron chi connectivity index (χ2n) is 14.7. The first-order valence-electron chi connectivity index (χ1n) is 15.6. The molecule has 4 aliphatic rings. The van der Waals surface area contributed by atoms with Crippen LogP contribution in [-0.4, -0.2) is 11.2 Å². The van der Waals surface area contributed by atoms with Gasteiger partial charge in [0.2, 0.25) is 0 Å². The fourth-order valence-corrected chi connectivity index (χ4v) is 11.0. The molecule has 0 heterocycles. The first kappa shape index (κ1) is 27.2. The van der Waals surface area contributed by atoms with Crippen LogP contribution in [0.25, 0.3) is 0 Å². The molecule has 10 atom stereocenters. The third-order valence-electron chi connectivity index (χ3n) is 12.5. The zero-order valence-electron chi connectivity index (χ0n) is 23.8. The van der Waals surface area contributed by atoms with Crippen molar-refractivity contribution in [1.82, 2.24) is 0 Å². The molecule has 0 aromatic heterocycles. The van der Waals surface area contributed by atoms with E-state index in [1.54, 1.807) is 0 Å². The van der Waals surface area contributed by atoms with E-state index in [0.717, 1.165) is 52.8 Å². The topological polar surface area (TPSA) is 20.2 Å². The van der Waals surface area contributed by atoms with Crippen LogP contribution < -0.4 is 0 Å². The lowest BCUT2D eigenvalue weighted by atomic mass is 9.42. The molecular formula is C34H53BrO. The van der Waals surface area contributed by atoms with E-state index in [1.807, 2.05) is 0 Å². The van der Waals surface area contributed by atoms with Crippen LogP contribution >= 0.6 is 15.9 Å². The van der Waals surface area contributed by atoms with E-state index in [4.69, 9.17) is 0 Å². The smallest absolute Gasteiger partial charge is 0.0574 e. The first-order chi connectivity index (χ1) is 17.1. The standard InChI is InChI=1S/C34H53BrO/c1-22(2)7-6-8-23(3)28-15-16-29-26-13-14-30-27(21-24-9-11-25(35)12-10-24)32(36)18-20-34(30,5)31(26)17-19-33(28,29)4/h9-12,22-23,26-32,36H,6-8,13-21H2,1-5H3/t23-,26+,27?,28-,29+,30?,31+,32?,33-,34+/m1/s1. The Morgan fingerprint density at radius 1 is 0.833 bits per heavy atom. The summed E-state index contributed by atoms with van der Waals surface area (Å²) in [5, 5.41) is 11.2. The molecule has 0 amide bonds. The molecule has 4 aliphatic carbocycles. The van der Waals surface area contributed by atoms with Crippen molar-refractivity contribution in [3.05, 3.63) is 34.3 Å². The van der Waals surface area contributed by atoms with Crippen LogP contribution in [-0.2, 0) is 6.42 Å². The van der Waals surface area contributed by atoms with Crippen LogP contribution in [0.4, 0.5) is 0 Å². The van der Waals surface area contributed by atoms with Gasteiger partial charge < -0.3 is 5.11 Å². The molecule has 1 nitrogen and oxygen atoms in total. The lowest BCUT2D eigenvalue weighted by molar-refractivity contribution is -0.152. The summed E-state index contributed by atoms with van der Waals surface area (Å²) in [6.45, 7) is 12.7. The van der Waals surface area contributed by atoms with Crippen molar-refractivity contribution in [3.63, 3.8) is 0 Å².